The summed E-state index contributed by atoms with van der Waals surface area (Å²) in [6, 6.07) is 6.76. The summed E-state index contributed by atoms with van der Waals surface area (Å²) in [5.41, 5.74) is 0.362. The van der Waals surface area contributed by atoms with Gasteiger partial charge in [0.1, 0.15) is 47.2 Å². The fraction of sp³-hybridized carbons (Fsp3) is 0.364. The molecule has 1 fully saturated rings. The lowest BCUT2D eigenvalue weighted by molar-refractivity contribution is -0.271. The number of Topliss-reactive ketones (excluding diaryl/α,β-unsaturated/α-hetero) is 1. The van der Waals surface area contributed by atoms with Crippen molar-refractivity contribution < 1.29 is 59.2 Å². The van der Waals surface area contributed by atoms with E-state index < -0.39 is 54.3 Å². The number of ketones is 1. The summed E-state index contributed by atoms with van der Waals surface area (Å²) in [6.45, 7) is 0. The molecule has 0 aliphatic carbocycles. The van der Waals surface area contributed by atoms with Gasteiger partial charge in [-0.05, 0) is 17.7 Å². The molecule has 34 heavy (non-hydrogen) atoms. The van der Waals surface area contributed by atoms with E-state index in [2.05, 4.69) is 0 Å². The molecule has 4 rings (SSSR count). The second-order valence-corrected chi connectivity index (χ2v) is 7.83. The molecule has 0 saturated carbocycles. The zero-order valence-electron chi connectivity index (χ0n) is 17.7. The number of phenols is 2. The number of fused-ring (bicyclic) bond motifs is 1. The third-order valence-corrected chi connectivity index (χ3v) is 5.61. The van der Waals surface area contributed by atoms with Crippen molar-refractivity contribution in [1.82, 2.24) is 0 Å². The molecule has 182 valence electrons. The molecule has 2 heterocycles. The van der Waals surface area contributed by atoms with Crippen LogP contribution in [-0.2, 0) is 9.53 Å². The van der Waals surface area contributed by atoms with Crippen molar-refractivity contribution in [3.63, 3.8) is 0 Å². The Hall–Kier alpha value is -3.58. The molecule has 0 radical (unpaired) electrons. The Balaban J connectivity index is 1.60. The molecule has 2 aromatic rings. The number of hydrogen-bond acceptors (Lipinski definition) is 11. The van der Waals surface area contributed by atoms with Gasteiger partial charge < -0.3 is 49.6 Å². The highest BCUT2D eigenvalue weighted by atomic mass is 16.7. The molecule has 6 atom stereocenters. The highest BCUT2D eigenvalue weighted by Gasteiger charge is 2.48. The molecule has 12 nitrogen and oxygen atoms in total. The average molecular weight is 478 g/mol. The highest BCUT2D eigenvalue weighted by Crippen LogP contribution is 2.43. The number of methoxy groups -OCH3 is 1. The molecule has 0 bridgehead atoms. The lowest BCUT2D eigenvalue weighted by Crippen LogP contribution is -2.61. The number of rotatable bonds is 5. The Morgan fingerprint density at radius 1 is 1.03 bits per heavy atom. The molecule has 2 aromatic carbocycles. The van der Waals surface area contributed by atoms with Crippen molar-refractivity contribution in [3.8, 4) is 28.7 Å². The summed E-state index contributed by atoms with van der Waals surface area (Å²) < 4.78 is 21.3. The van der Waals surface area contributed by atoms with Crippen LogP contribution in [0.5, 0.6) is 28.7 Å². The third-order valence-electron chi connectivity index (χ3n) is 5.61. The minimum absolute atomic E-state index is 0.0628. The first kappa shape index (κ1) is 23.6. The van der Waals surface area contributed by atoms with Crippen LogP contribution < -0.4 is 14.2 Å². The Labute approximate surface area is 192 Å². The first-order chi connectivity index (χ1) is 16.1. The number of aliphatic hydroxyl groups excluding tert-OH is 3. The first-order valence-electron chi connectivity index (χ1n) is 10.1. The predicted molar refractivity (Wildman–Crippen MR) is 110 cm³/mol. The number of carboxylic acids is 1. The van der Waals surface area contributed by atoms with Crippen LogP contribution in [0.15, 0.2) is 30.3 Å². The molecule has 0 aromatic heterocycles. The number of carbonyl (C=O) groups excluding carboxylic acids is 1. The van der Waals surface area contributed by atoms with Crippen LogP contribution in [0.3, 0.4) is 0 Å². The van der Waals surface area contributed by atoms with Crippen LogP contribution in [0, 0.1) is 0 Å². The maximum absolute atomic E-state index is 12.7. The molecule has 0 spiro atoms. The van der Waals surface area contributed by atoms with Gasteiger partial charge in [0, 0.05) is 12.1 Å². The van der Waals surface area contributed by atoms with Crippen LogP contribution >= 0.6 is 0 Å². The third kappa shape index (κ3) is 4.19. The second-order valence-electron chi connectivity index (χ2n) is 7.83. The van der Waals surface area contributed by atoms with E-state index in [9.17, 15) is 35.1 Å². The number of ether oxygens (including phenoxy) is 4. The highest BCUT2D eigenvalue weighted by molar-refractivity contribution is 6.02. The summed E-state index contributed by atoms with van der Waals surface area (Å²) >= 11 is 0. The summed E-state index contributed by atoms with van der Waals surface area (Å²) in [7, 11) is 1.39. The van der Waals surface area contributed by atoms with E-state index in [1.165, 1.54) is 25.3 Å². The van der Waals surface area contributed by atoms with Crippen molar-refractivity contribution in [2.24, 2.45) is 0 Å². The second kappa shape index (κ2) is 8.99. The van der Waals surface area contributed by atoms with Crippen LogP contribution in [0.25, 0.3) is 0 Å². The van der Waals surface area contributed by atoms with Crippen LogP contribution in [0.1, 0.15) is 28.4 Å². The summed E-state index contributed by atoms with van der Waals surface area (Å²) in [5.74, 6) is -2.67. The first-order valence-corrected chi connectivity index (χ1v) is 10.1. The number of phenolic OH excluding ortho intramolecular Hbond substituents is 2. The zero-order chi connectivity index (χ0) is 24.7. The minimum Gasteiger partial charge on any atom is -0.507 e. The fourth-order valence-electron chi connectivity index (χ4n) is 3.86. The van der Waals surface area contributed by atoms with Crippen molar-refractivity contribution >= 4 is 11.8 Å². The number of carbonyl (C=O) groups is 2. The van der Waals surface area contributed by atoms with Gasteiger partial charge in [0.05, 0.1) is 13.5 Å². The maximum atomic E-state index is 12.7. The number of carboxylic acid groups (broad SMARTS) is 1. The minimum atomic E-state index is -1.90. The zero-order valence-corrected chi connectivity index (χ0v) is 17.7. The molecule has 12 heteroatoms. The van der Waals surface area contributed by atoms with Gasteiger partial charge in [0.2, 0.25) is 6.29 Å². The van der Waals surface area contributed by atoms with E-state index >= 15 is 0 Å². The molecule has 2 aliphatic heterocycles. The van der Waals surface area contributed by atoms with Gasteiger partial charge in [-0.25, -0.2) is 4.79 Å². The van der Waals surface area contributed by atoms with E-state index in [-0.39, 0.29) is 35.0 Å². The number of hydrogen-bond donors (Lipinski definition) is 6. The lowest BCUT2D eigenvalue weighted by Gasteiger charge is -2.38. The Bertz CT molecular complexity index is 1120. The molecule has 2 aliphatic rings. The van der Waals surface area contributed by atoms with Crippen molar-refractivity contribution in [2.45, 2.75) is 43.2 Å². The molecular weight excluding hydrogens is 456 g/mol. The topological polar surface area (TPSA) is 192 Å². The van der Waals surface area contributed by atoms with E-state index in [0.29, 0.717) is 5.56 Å². The van der Waals surface area contributed by atoms with Gasteiger partial charge in [-0.3, -0.25) is 4.79 Å². The van der Waals surface area contributed by atoms with Crippen molar-refractivity contribution in [3.05, 3.63) is 41.5 Å². The van der Waals surface area contributed by atoms with Gasteiger partial charge in [-0.1, -0.05) is 6.07 Å². The molecule has 6 N–H and O–H groups in total. The van der Waals surface area contributed by atoms with Crippen LogP contribution in [0.4, 0.5) is 0 Å². The normalized spacial score (nSPS) is 28.5. The van der Waals surface area contributed by atoms with Crippen LogP contribution in [0.2, 0.25) is 0 Å². The Kier molecular flexibility index (Phi) is 6.23. The summed E-state index contributed by atoms with van der Waals surface area (Å²) in [6.07, 6.45) is -10.1. The van der Waals surface area contributed by atoms with E-state index in [1.54, 1.807) is 6.07 Å². The summed E-state index contributed by atoms with van der Waals surface area (Å²) in [4.78, 5) is 24.0. The number of aliphatic hydroxyl groups is 3. The summed E-state index contributed by atoms with van der Waals surface area (Å²) in [5, 5.41) is 59.5. The van der Waals surface area contributed by atoms with E-state index in [1.807, 2.05) is 0 Å². The SMILES string of the molecule is COc1ccc([C@@H]2CC(=O)c3c(O)cc(O[C@@H]4O[C@H](C(=O)O)[C@@H](O)[C@H](O)[C@H]4O)cc3O2)cc1O. The van der Waals surface area contributed by atoms with Crippen LogP contribution in [-0.4, -0.2) is 80.2 Å². The van der Waals surface area contributed by atoms with Crippen molar-refractivity contribution in [1.29, 1.82) is 0 Å². The smallest absolute Gasteiger partial charge is 0.335 e. The van der Waals surface area contributed by atoms with Gasteiger partial charge in [0.15, 0.2) is 23.4 Å². The van der Waals surface area contributed by atoms with E-state index in [0.717, 1.165) is 6.07 Å². The van der Waals surface area contributed by atoms with Crippen molar-refractivity contribution in [2.75, 3.05) is 7.11 Å². The number of aromatic hydroxyl groups is 2. The van der Waals surface area contributed by atoms with Gasteiger partial charge in [-0.2, -0.15) is 0 Å². The Morgan fingerprint density at radius 3 is 2.41 bits per heavy atom. The Morgan fingerprint density at radius 2 is 1.76 bits per heavy atom. The van der Waals surface area contributed by atoms with Gasteiger partial charge in [0.25, 0.3) is 0 Å². The molecule has 0 amide bonds. The monoisotopic (exact) mass is 478 g/mol. The number of benzene rings is 2. The largest absolute Gasteiger partial charge is 0.507 e. The quantitative estimate of drug-likeness (QED) is 0.340. The average Bonchev–Trinajstić information content (AvgIpc) is 2.78. The molecular formula is C22H22O12. The lowest BCUT2D eigenvalue weighted by atomic mass is 9.95. The van der Waals surface area contributed by atoms with E-state index in [4.69, 9.17) is 24.1 Å². The number of aliphatic carboxylic acids is 1. The maximum Gasteiger partial charge on any atom is 0.335 e. The fourth-order valence-corrected chi connectivity index (χ4v) is 3.86. The van der Waals surface area contributed by atoms with Gasteiger partial charge >= 0.3 is 5.97 Å². The molecule has 1 saturated heterocycles. The molecule has 0 unspecified atom stereocenters. The predicted octanol–water partition coefficient (Wildman–Crippen LogP) is 0.0839. The standard InChI is InChI=1S/C22H22O12/c1-31-13-3-2-8(4-10(13)23)14-7-12(25)16-11(24)5-9(6-15(16)33-14)32-22-19(28)17(26)18(27)20(34-22)21(29)30/h2-6,14,17-20,22-24,26-28H,7H2,1H3,(H,29,30)/t14-,17-,18-,19+,20-,22+/m0/s1. The van der Waals surface area contributed by atoms with Gasteiger partial charge in [-0.15, -0.1) is 0 Å².